The molecule has 2 aliphatic heterocycles. The van der Waals surface area contributed by atoms with E-state index in [4.69, 9.17) is 9.47 Å². The first-order chi connectivity index (χ1) is 13.2. The van der Waals surface area contributed by atoms with Gasteiger partial charge in [-0.3, -0.25) is 0 Å². The summed E-state index contributed by atoms with van der Waals surface area (Å²) < 4.78 is 10.9. The molecule has 0 radical (unpaired) electrons. The average molecular weight is 358 g/mol. The summed E-state index contributed by atoms with van der Waals surface area (Å²) in [6.07, 6.45) is 1.71. The van der Waals surface area contributed by atoms with Crippen LogP contribution in [0.1, 0.15) is 16.7 Å². The lowest BCUT2D eigenvalue weighted by molar-refractivity contribution is -0.0409. The van der Waals surface area contributed by atoms with E-state index < -0.39 is 5.72 Å². The van der Waals surface area contributed by atoms with Crippen molar-refractivity contribution in [2.75, 3.05) is 6.79 Å². The van der Waals surface area contributed by atoms with Crippen LogP contribution in [0.5, 0.6) is 11.5 Å². The smallest absolute Gasteiger partial charge is 0.231 e. The van der Waals surface area contributed by atoms with E-state index in [-0.39, 0.29) is 6.79 Å². The van der Waals surface area contributed by atoms with Crippen LogP contribution in [0.25, 0.3) is 0 Å². The van der Waals surface area contributed by atoms with Crippen molar-refractivity contribution in [1.29, 1.82) is 0 Å². The second-order valence-corrected chi connectivity index (χ2v) is 6.62. The van der Waals surface area contributed by atoms with Crippen molar-refractivity contribution in [3.05, 3.63) is 89.5 Å². The molecular formula is C22H18N2O3. The number of benzene rings is 3. The van der Waals surface area contributed by atoms with Crippen LogP contribution >= 0.6 is 0 Å². The van der Waals surface area contributed by atoms with Crippen LogP contribution in [0.3, 0.4) is 0 Å². The van der Waals surface area contributed by atoms with Gasteiger partial charge in [-0.15, -0.1) is 0 Å². The molecule has 0 saturated carbocycles. The number of hydrogen-bond donors (Lipinski definition) is 1. The predicted molar refractivity (Wildman–Crippen MR) is 102 cm³/mol. The van der Waals surface area contributed by atoms with E-state index in [2.05, 4.69) is 4.99 Å². The van der Waals surface area contributed by atoms with Crippen molar-refractivity contribution in [1.82, 2.24) is 4.90 Å². The van der Waals surface area contributed by atoms with Gasteiger partial charge in [-0.05, 0) is 23.8 Å². The van der Waals surface area contributed by atoms with Gasteiger partial charge in [0, 0.05) is 17.7 Å². The molecule has 5 nitrogen and oxygen atoms in total. The third kappa shape index (κ3) is 2.55. The van der Waals surface area contributed by atoms with E-state index in [1.165, 1.54) is 0 Å². The second-order valence-electron chi connectivity index (χ2n) is 6.62. The van der Waals surface area contributed by atoms with Gasteiger partial charge >= 0.3 is 0 Å². The third-order valence-electron chi connectivity index (χ3n) is 5.00. The minimum absolute atomic E-state index is 0.241. The van der Waals surface area contributed by atoms with Crippen LogP contribution in [-0.4, -0.2) is 23.1 Å². The molecule has 0 spiro atoms. The van der Waals surface area contributed by atoms with Crippen molar-refractivity contribution in [3.63, 3.8) is 0 Å². The molecule has 27 heavy (non-hydrogen) atoms. The van der Waals surface area contributed by atoms with Gasteiger partial charge in [0.15, 0.2) is 17.2 Å². The molecule has 0 amide bonds. The quantitative estimate of drug-likeness (QED) is 0.774. The molecule has 1 N–H and O–H groups in total. The van der Waals surface area contributed by atoms with E-state index in [9.17, 15) is 5.11 Å². The Morgan fingerprint density at radius 3 is 2.59 bits per heavy atom. The zero-order valence-electron chi connectivity index (χ0n) is 14.6. The number of aliphatic imine (C=N–C) groups is 1. The zero-order valence-corrected chi connectivity index (χ0v) is 14.6. The number of aliphatic hydroxyl groups is 1. The van der Waals surface area contributed by atoms with Gasteiger partial charge in [-0.25, -0.2) is 4.99 Å². The van der Waals surface area contributed by atoms with Gasteiger partial charge in [0.1, 0.15) is 0 Å². The van der Waals surface area contributed by atoms with E-state index in [1.54, 1.807) is 6.34 Å². The SMILES string of the molecule is OC1(c2ccccc2)c2ccccc2N=CN1Cc1ccc2c(c1)OCO2. The summed E-state index contributed by atoms with van der Waals surface area (Å²) >= 11 is 0. The first kappa shape index (κ1) is 15.9. The van der Waals surface area contributed by atoms with Crippen LogP contribution in [0.4, 0.5) is 5.69 Å². The van der Waals surface area contributed by atoms with Crippen molar-refractivity contribution in [2.45, 2.75) is 12.3 Å². The van der Waals surface area contributed by atoms with Crippen LogP contribution in [-0.2, 0) is 12.3 Å². The first-order valence-electron chi connectivity index (χ1n) is 8.82. The lowest BCUT2D eigenvalue weighted by Crippen LogP contribution is -2.47. The second kappa shape index (κ2) is 6.14. The molecule has 0 saturated heterocycles. The van der Waals surface area contributed by atoms with Crippen molar-refractivity contribution >= 4 is 12.0 Å². The number of rotatable bonds is 3. The fourth-order valence-electron chi connectivity index (χ4n) is 3.63. The molecule has 2 aliphatic rings. The Labute approximate surface area is 157 Å². The number of nitrogens with zero attached hydrogens (tertiary/aromatic N) is 2. The largest absolute Gasteiger partial charge is 0.454 e. The molecule has 0 bridgehead atoms. The van der Waals surface area contributed by atoms with Crippen LogP contribution < -0.4 is 9.47 Å². The minimum Gasteiger partial charge on any atom is -0.454 e. The van der Waals surface area contributed by atoms with Crippen LogP contribution in [0.15, 0.2) is 77.8 Å². The van der Waals surface area contributed by atoms with Gasteiger partial charge in [-0.1, -0.05) is 54.6 Å². The average Bonchev–Trinajstić information content (AvgIpc) is 3.19. The lowest BCUT2D eigenvalue weighted by atomic mass is 9.90. The highest BCUT2D eigenvalue weighted by molar-refractivity contribution is 5.71. The fraction of sp³-hybridized carbons (Fsp3) is 0.136. The third-order valence-corrected chi connectivity index (χ3v) is 5.00. The molecule has 3 aromatic rings. The maximum absolute atomic E-state index is 11.9. The van der Waals surface area contributed by atoms with Crippen molar-refractivity contribution in [3.8, 4) is 11.5 Å². The standard InChI is InChI=1S/C22H18N2O3/c25-22(17-6-2-1-3-7-17)18-8-4-5-9-19(18)23-14-24(22)13-16-10-11-20-21(12-16)27-15-26-20/h1-12,14,25H,13,15H2. The Kier molecular flexibility index (Phi) is 3.62. The molecule has 1 unspecified atom stereocenters. The summed E-state index contributed by atoms with van der Waals surface area (Å²) in [5.41, 5.74) is 2.02. The summed E-state index contributed by atoms with van der Waals surface area (Å²) in [6.45, 7) is 0.713. The van der Waals surface area contributed by atoms with Crippen molar-refractivity contribution < 1.29 is 14.6 Å². The Hall–Kier alpha value is -3.31. The monoisotopic (exact) mass is 358 g/mol. The van der Waals surface area contributed by atoms with Crippen LogP contribution in [0.2, 0.25) is 0 Å². The summed E-state index contributed by atoms with van der Waals surface area (Å²) in [5.74, 6) is 1.47. The highest BCUT2D eigenvalue weighted by atomic mass is 16.7. The zero-order chi connectivity index (χ0) is 18.3. The summed E-state index contributed by atoms with van der Waals surface area (Å²) in [7, 11) is 0. The molecule has 5 heteroatoms. The lowest BCUT2D eigenvalue weighted by Gasteiger charge is -2.42. The number of hydrogen-bond acceptors (Lipinski definition) is 5. The number of fused-ring (bicyclic) bond motifs is 2. The minimum atomic E-state index is -1.31. The fourth-order valence-corrected chi connectivity index (χ4v) is 3.63. The predicted octanol–water partition coefficient (Wildman–Crippen LogP) is 3.78. The molecule has 0 aromatic heterocycles. The Morgan fingerprint density at radius 2 is 1.70 bits per heavy atom. The van der Waals surface area contributed by atoms with E-state index in [1.807, 2.05) is 77.7 Å². The van der Waals surface area contributed by atoms with Crippen molar-refractivity contribution in [2.24, 2.45) is 4.99 Å². The van der Waals surface area contributed by atoms with Gasteiger partial charge in [0.2, 0.25) is 6.79 Å². The van der Waals surface area contributed by atoms with Gasteiger partial charge in [0.25, 0.3) is 0 Å². The highest BCUT2D eigenvalue weighted by Crippen LogP contribution is 2.42. The van der Waals surface area contributed by atoms with E-state index in [0.717, 1.165) is 33.9 Å². The molecular weight excluding hydrogens is 340 g/mol. The maximum atomic E-state index is 11.9. The molecule has 0 fully saturated rings. The number of para-hydroxylation sites is 1. The maximum Gasteiger partial charge on any atom is 0.231 e. The molecule has 5 rings (SSSR count). The molecule has 2 heterocycles. The molecule has 0 aliphatic carbocycles. The summed E-state index contributed by atoms with van der Waals surface area (Å²) in [4.78, 5) is 6.40. The Morgan fingerprint density at radius 1 is 0.926 bits per heavy atom. The molecule has 1 atom stereocenters. The first-order valence-corrected chi connectivity index (χ1v) is 8.82. The summed E-state index contributed by atoms with van der Waals surface area (Å²) in [5, 5.41) is 11.9. The number of ether oxygens (including phenoxy) is 2. The summed E-state index contributed by atoms with van der Waals surface area (Å²) in [6, 6.07) is 23.2. The topological polar surface area (TPSA) is 54.3 Å². The highest BCUT2D eigenvalue weighted by Gasteiger charge is 2.41. The van der Waals surface area contributed by atoms with Crippen LogP contribution in [0, 0.1) is 0 Å². The van der Waals surface area contributed by atoms with Gasteiger partial charge < -0.3 is 19.5 Å². The normalized spacial score (nSPS) is 19.8. The van der Waals surface area contributed by atoms with E-state index in [0.29, 0.717) is 6.54 Å². The Balaban J connectivity index is 1.59. The molecule has 3 aromatic carbocycles. The van der Waals surface area contributed by atoms with Gasteiger partial charge in [-0.2, -0.15) is 0 Å². The van der Waals surface area contributed by atoms with E-state index >= 15 is 0 Å². The Bertz CT molecular complexity index is 1020. The van der Waals surface area contributed by atoms with Gasteiger partial charge in [0.05, 0.1) is 12.0 Å². The molecule has 134 valence electrons.